The number of benzene rings is 1. The largest absolute Gasteiger partial charge is 0.480 e. The average molecular weight is 285 g/mol. The van der Waals surface area contributed by atoms with Crippen molar-refractivity contribution < 1.29 is 14.3 Å². The molecule has 0 spiro atoms. The Morgan fingerprint density at radius 1 is 1.33 bits per heavy atom. The molecule has 0 atom stereocenters. The lowest BCUT2D eigenvalue weighted by molar-refractivity contribution is 0.0522. The molecule has 0 radical (unpaired) electrons. The molecule has 21 heavy (non-hydrogen) atoms. The summed E-state index contributed by atoms with van der Waals surface area (Å²) >= 11 is 0. The van der Waals surface area contributed by atoms with Gasteiger partial charge < -0.3 is 9.47 Å². The Hall–Kier alpha value is -2.10. The van der Waals surface area contributed by atoms with E-state index in [9.17, 15) is 4.79 Å². The Balaban J connectivity index is 2.04. The standard InChI is InChI=1S/C17H19NO3/c1-3-21-17(19)14-9-13-8-7-12(11-5-4-6-11)10-15(13)18-16(14)20-2/h7-11H,3-6H2,1-2H3. The third-order valence-electron chi connectivity index (χ3n) is 4.07. The van der Waals surface area contributed by atoms with E-state index in [1.165, 1.54) is 31.9 Å². The van der Waals surface area contributed by atoms with Crippen molar-refractivity contribution in [2.75, 3.05) is 13.7 Å². The van der Waals surface area contributed by atoms with Crippen LogP contribution < -0.4 is 4.74 Å². The van der Waals surface area contributed by atoms with Crippen molar-refractivity contribution in [1.82, 2.24) is 4.98 Å². The number of pyridine rings is 1. The predicted molar refractivity (Wildman–Crippen MR) is 80.8 cm³/mol. The van der Waals surface area contributed by atoms with E-state index in [1.54, 1.807) is 13.0 Å². The van der Waals surface area contributed by atoms with E-state index in [0.717, 1.165) is 10.9 Å². The van der Waals surface area contributed by atoms with Gasteiger partial charge in [-0.2, -0.15) is 0 Å². The summed E-state index contributed by atoms with van der Waals surface area (Å²) in [5, 5.41) is 0.932. The van der Waals surface area contributed by atoms with E-state index >= 15 is 0 Å². The Bertz CT molecular complexity index is 677. The van der Waals surface area contributed by atoms with Crippen LogP contribution in [-0.4, -0.2) is 24.7 Å². The quantitative estimate of drug-likeness (QED) is 0.804. The van der Waals surface area contributed by atoms with Gasteiger partial charge in [-0.15, -0.1) is 0 Å². The van der Waals surface area contributed by atoms with Crippen LogP contribution in [0.4, 0.5) is 0 Å². The highest BCUT2D eigenvalue weighted by Crippen LogP contribution is 2.37. The molecule has 1 fully saturated rings. The van der Waals surface area contributed by atoms with Crippen molar-refractivity contribution in [2.45, 2.75) is 32.1 Å². The summed E-state index contributed by atoms with van der Waals surface area (Å²) in [5.41, 5.74) is 2.57. The summed E-state index contributed by atoms with van der Waals surface area (Å²) in [4.78, 5) is 16.4. The maximum absolute atomic E-state index is 12.0. The highest BCUT2D eigenvalue weighted by Gasteiger charge is 2.21. The minimum atomic E-state index is -0.396. The van der Waals surface area contributed by atoms with Gasteiger partial charge in [-0.25, -0.2) is 9.78 Å². The Kier molecular flexibility index (Phi) is 3.78. The first-order valence-electron chi connectivity index (χ1n) is 7.38. The Morgan fingerprint density at radius 3 is 2.76 bits per heavy atom. The monoisotopic (exact) mass is 285 g/mol. The second-order valence-electron chi connectivity index (χ2n) is 5.35. The normalized spacial score (nSPS) is 14.8. The summed E-state index contributed by atoms with van der Waals surface area (Å²) in [7, 11) is 1.52. The topological polar surface area (TPSA) is 48.4 Å². The van der Waals surface area contributed by atoms with Crippen LogP contribution in [0, 0.1) is 0 Å². The number of esters is 1. The summed E-state index contributed by atoms with van der Waals surface area (Å²) in [6, 6.07) is 8.06. The molecule has 4 nitrogen and oxygen atoms in total. The lowest BCUT2D eigenvalue weighted by atomic mass is 9.80. The van der Waals surface area contributed by atoms with Gasteiger partial charge in [0.05, 0.1) is 19.2 Å². The molecule has 4 heteroatoms. The minimum Gasteiger partial charge on any atom is -0.480 e. The molecular formula is C17H19NO3. The van der Waals surface area contributed by atoms with Gasteiger partial charge in [0.15, 0.2) is 0 Å². The highest BCUT2D eigenvalue weighted by molar-refractivity contribution is 5.96. The lowest BCUT2D eigenvalue weighted by Gasteiger charge is -2.25. The first kappa shape index (κ1) is 13.9. The highest BCUT2D eigenvalue weighted by atomic mass is 16.5. The molecule has 1 aliphatic rings. The number of fused-ring (bicyclic) bond motifs is 1. The molecule has 0 unspecified atom stereocenters. The first-order chi connectivity index (χ1) is 10.2. The number of hydrogen-bond acceptors (Lipinski definition) is 4. The Morgan fingerprint density at radius 2 is 2.14 bits per heavy atom. The van der Waals surface area contributed by atoms with Gasteiger partial charge in [0.2, 0.25) is 5.88 Å². The average Bonchev–Trinajstić information content (AvgIpc) is 2.44. The summed E-state index contributed by atoms with van der Waals surface area (Å²) in [6.07, 6.45) is 3.81. The number of nitrogens with zero attached hydrogens (tertiary/aromatic N) is 1. The van der Waals surface area contributed by atoms with Crippen LogP contribution in [0.3, 0.4) is 0 Å². The smallest absolute Gasteiger partial charge is 0.343 e. The first-order valence-corrected chi connectivity index (χ1v) is 7.38. The molecule has 0 N–H and O–H groups in total. The van der Waals surface area contributed by atoms with Crippen molar-refractivity contribution in [3.63, 3.8) is 0 Å². The van der Waals surface area contributed by atoms with Gasteiger partial charge >= 0.3 is 5.97 Å². The molecule has 3 rings (SSSR count). The molecule has 1 aromatic heterocycles. The molecule has 1 heterocycles. The number of rotatable bonds is 4. The van der Waals surface area contributed by atoms with Crippen molar-refractivity contribution in [3.05, 3.63) is 35.4 Å². The number of carbonyl (C=O) groups excluding carboxylic acids is 1. The lowest BCUT2D eigenvalue weighted by Crippen LogP contribution is -2.10. The van der Waals surface area contributed by atoms with Crippen LogP contribution in [0.5, 0.6) is 5.88 Å². The zero-order chi connectivity index (χ0) is 14.8. The molecule has 1 aromatic carbocycles. The fourth-order valence-electron chi connectivity index (χ4n) is 2.67. The SMILES string of the molecule is CCOC(=O)c1cc2ccc(C3CCC3)cc2nc1OC. The number of ether oxygens (including phenoxy) is 2. The third-order valence-corrected chi connectivity index (χ3v) is 4.07. The zero-order valence-corrected chi connectivity index (χ0v) is 12.4. The summed E-state index contributed by atoms with van der Waals surface area (Å²) in [5.74, 6) is 0.588. The van der Waals surface area contributed by atoms with E-state index in [2.05, 4.69) is 17.1 Å². The van der Waals surface area contributed by atoms with Gasteiger partial charge in [0, 0.05) is 5.39 Å². The summed E-state index contributed by atoms with van der Waals surface area (Å²) in [6.45, 7) is 2.12. The van der Waals surface area contributed by atoms with Gasteiger partial charge in [0.25, 0.3) is 0 Å². The molecule has 0 saturated heterocycles. The van der Waals surface area contributed by atoms with Gasteiger partial charge in [-0.3, -0.25) is 0 Å². The van der Waals surface area contributed by atoms with Crippen molar-refractivity contribution >= 4 is 16.9 Å². The van der Waals surface area contributed by atoms with Crippen LogP contribution in [0.2, 0.25) is 0 Å². The minimum absolute atomic E-state index is 0.326. The van der Waals surface area contributed by atoms with Crippen LogP contribution in [0.15, 0.2) is 24.3 Å². The fraction of sp³-hybridized carbons (Fsp3) is 0.412. The Labute approximate surface area is 124 Å². The molecule has 110 valence electrons. The van der Waals surface area contributed by atoms with E-state index in [1.807, 2.05) is 6.07 Å². The molecular weight excluding hydrogens is 266 g/mol. The second kappa shape index (κ2) is 5.72. The molecule has 0 amide bonds. The van der Waals surface area contributed by atoms with Crippen molar-refractivity contribution in [2.24, 2.45) is 0 Å². The second-order valence-corrected chi connectivity index (χ2v) is 5.35. The number of methoxy groups -OCH3 is 1. The molecule has 0 aliphatic heterocycles. The van der Waals surface area contributed by atoms with Crippen molar-refractivity contribution in [3.8, 4) is 5.88 Å². The zero-order valence-electron chi connectivity index (χ0n) is 12.4. The number of hydrogen-bond donors (Lipinski definition) is 0. The van der Waals surface area contributed by atoms with E-state index in [-0.39, 0.29) is 0 Å². The van der Waals surface area contributed by atoms with Gasteiger partial charge in [0.1, 0.15) is 5.56 Å². The predicted octanol–water partition coefficient (Wildman–Crippen LogP) is 3.69. The molecule has 2 aromatic rings. The summed E-state index contributed by atoms with van der Waals surface area (Å²) < 4.78 is 10.3. The van der Waals surface area contributed by atoms with Crippen molar-refractivity contribution in [1.29, 1.82) is 0 Å². The van der Waals surface area contributed by atoms with Crippen LogP contribution in [-0.2, 0) is 4.74 Å². The molecule has 1 aliphatic carbocycles. The number of carbonyl (C=O) groups is 1. The van der Waals surface area contributed by atoms with Crippen LogP contribution in [0.25, 0.3) is 10.9 Å². The van der Waals surface area contributed by atoms with Crippen LogP contribution >= 0.6 is 0 Å². The van der Waals surface area contributed by atoms with Gasteiger partial charge in [-0.05, 0) is 43.4 Å². The maximum Gasteiger partial charge on any atom is 0.343 e. The van der Waals surface area contributed by atoms with Gasteiger partial charge in [-0.1, -0.05) is 18.6 Å². The number of aromatic nitrogens is 1. The van der Waals surface area contributed by atoms with E-state index in [0.29, 0.717) is 24.0 Å². The maximum atomic E-state index is 12.0. The van der Waals surface area contributed by atoms with E-state index < -0.39 is 5.97 Å². The van der Waals surface area contributed by atoms with E-state index in [4.69, 9.17) is 9.47 Å². The van der Waals surface area contributed by atoms with Crippen LogP contribution in [0.1, 0.15) is 48.0 Å². The molecule has 0 bridgehead atoms. The molecule has 1 saturated carbocycles. The third kappa shape index (κ3) is 2.58. The fourth-order valence-corrected chi connectivity index (χ4v) is 2.67.